The Morgan fingerprint density at radius 2 is 1.88 bits per heavy atom. The molecule has 6 heteroatoms. The molecule has 2 aromatic heterocycles. The molecule has 0 aliphatic rings. The first-order valence-electron chi connectivity index (χ1n) is 10.3. The average molecular weight is 426 g/mol. The molecule has 0 radical (unpaired) electrons. The van der Waals surface area contributed by atoms with E-state index in [9.17, 15) is 9.18 Å². The van der Waals surface area contributed by atoms with E-state index >= 15 is 0 Å². The summed E-state index contributed by atoms with van der Waals surface area (Å²) in [6.45, 7) is 3.99. The van der Waals surface area contributed by atoms with Crippen LogP contribution in [0.4, 0.5) is 4.39 Å². The van der Waals surface area contributed by atoms with Crippen LogP contribution in [0.5, 0.6) is 0 Å². The summed E-state index contributed by atoms with van der Waals surface area (Å²) in [5.41, 5.74) is 5.87. The maximum Gasteiger partial charge on any atom is 0.280 e. The lowest BCUT2D eigenvalue weighted by Crippen LogP contribution is -2.23. The Morgan fingerprint density at radius 1 is 1.06 bits per heavy atom. The van der Waals surface area contributed by atoms with Gasteiger partial charge in [-0.15, -0.1) is 0 Å². The summed E-state index contributed by atoms with van der Waals surface area (Å²) in [5.74, 6) is -1.63. The zero-order valence-electron chi connectivity index (χ0n) is 17.9. The summed E-state index contributed by atoms with van der Waals surface area (Å²) in [4.78, 5) is 21.0. The summed E-state index contributed by atoms with van der Waals surface area (Å²) in [6.07, 6.45) is 4.90. The highest BCUT2D eigenvalue weighted by Crippen LogP contribution is 2.19. The number of nitrogens with one attached hydrogen (secondary N) is 1. The number of aryl methyl sites for hydroxylation is 2. The van der Waals surface area contributed by atoms with E-state index in [1.165, 1.54) is 6.08 Å². The molecule has 160 valence electrons. The maximum atomic E-state index is 14.5. The fourth-order valence-corrected chi connectivity index (χ4v) is 3.43. The minimum atomic E-state index is -0.852. The lowest BCUT2D eigenvalue weighted by Gasteiger charge is -2.08. The molecule has 4 rings (SSSR count). The summed E-state index contributed by atoms with van der Waals surface area (Å²) in [7, 11) is 0. The predicted octanol–water partition coefficient (Wildman–Crippen LogP) is 5.18. The Labute approximate surface area is 186 Å². The van der Waals surface area contributed by atoms with Crippen molar-refractivity contribution in [3.05, 3.63) is 108 Å². The van der Waals surface area contributed by atoms with Gasteiger partial charge in [-0.05, 0) is 55.3 Å². The second-order valence-corrected chi connectivity index (χ2v) is 7.52. The summed E-state index contributed by atoms with van der Waals surface area (Å²) in [6, 6.07) is 20.8. The molecule has 0 unspecified atom stereocenters. The van der Waals surface area contributed by atoms with Crippen LogP contribution in [-0.2, 0) is 11.3 Å². The Balaban J connectivity index is 1.42. The highest BCUT2D eigenvalue weighted by atomic mass is 19.1. The zero-order valence-corrected chi connectivity index (χ0v) is 17.9. The minimum absolute atomic E-state index is 0.138. The van der Waals surface area contributed by atoms with E-state index in [2.05, 4.69) is 15.3 Å². The highest BCUT2D eigenvalue weighted by Gasteiger charge is 2.10. The van der Waals surface area contributed by atoms with E-state index < -0.39 is 11.7 Å². The standard InChI is InChI=1S/C26H23FN4O/c1-18-13-20(11-12-25(18)31-16-19(2)29-17-31)14-23(27)26(32)28-15-22-9-6-10-24(30-22)21-7-4-3-5-8-21/h3-14,16-17H,15H2,1-2H3,(H,28,32)/b23-14+. The lowest BCUT2D eigenvalue weighted by molar-refractivity contribution is -0.118. The van der Waals surface area contributed by atoms with Crippen LogP contribution < -0.4 is 5.32 Å². The normalized spacial score (nSPS) is 11.4. The number of halogens is 1. The monoisotopic (exact) mass is 426 g/mol. The Bertz CT molecular complexity index is 1280. The van der Waals surface area contributed by atoms with E-state index in [0.29, 0.717) is 11.3 Å². The number of benzene rings is 2. The predicted molar refractivity (Wildman–Crippen MR) is 124 cm³/mol. The number of amides is 1. The fraction of sp³-hybridized carbons (Fsp3) is 0.115. The van der Waals surface area contributed by atoms with Gasteiger partial charge in [-0.25, -0.2) is 9.37 Å². The Kier molecular flexibility index (Phi) is 6.22. The van der Waals surface area contributed by atoms with Gasteiger partial charge in [0.1, 0.15) is 0 Å². The number of hydrogen-bond donors (Lipinski definition) is 1. The Hall–Kier alpha value is -4.06. The Morgan fingerprint density at radius 3 is 2.59 bits per heavy atom. The molecular formula is C26H23FN4O. The van der Waals surface area contributed by atoms with Crippen molar-refractivity contribution in [2.45, 2.75) is 20.4 Å². The first kappa shape index (κ1) is 21.2. The van der Waals surface area contributed by atoms with Gasteiger partial charge in [-0.2, -0.15) is 0 Å². The molecule has 4 aromatic rings. The van der Waals surface area contributed by atoms with E-state index in [-0.39, 0.29) is 6.54 Å². The molecule has 32 heavy (non-hydrogen) atoms. The number of aromatic nitrogens is 3. The van der Waals surface area contributed by atoms with Gasteiger partial charge in [0.05, 0.1) is 30.0 Å². The van der Waals surface area contributed by atoms with Crippen LogP contribution in [-0.4, -0.2) is 20.4 Å². The average Bonchev–Trinajstić information content (AvgIpc) is 3.24. The van der Waals surface area contributed by atoms with E-state index in [1.54, 1.807) is 18.5 Å². The van der Waals surface area contributed by atoms with Gasteiger partial charge < -0.3 is 9.88 Å². The summed E-state index contributed by atoms with van der Waals surface area (Å²) in [5, 5.41) is 2.60. The molecular weight excluding hydrogens is 403 g/mol. The van der Waals surface area contributed by atoms with Gasteiger partial charge in [0.25, 0.3) is 5.91 Å². The van der Waals surface area contributed by atoms with Gasteiger partial charge in [0.2, 0.25) is 0 Å². The third kappa shape index (κ3) is 4.98. The van der Waals surface area contributed by atoms with E-state index in [1.807, 2.05) is 79.2 Å². The van der Waals surface area contributed by atoms with Crippen molar-refractivity contribution in [3.63, 3.8) is 0 Å². The van der Waals surface area contributed by atoms with Gasteiger partial charge in [0, 0.05) is 17.4 Å². The van der Waals surface area contributed by atoms with Crippen LogP contribution in [0.1, 0.15) is 22.5 Å². The number of carbonyl (C=O) groups is 1. The van der Waals surface area contributed by atoms with Crippen molar-refractivity contribution < 1.29 is 9.18 Å². The quantitative estimate of drug-likeness (QED) is 0.432. The molecule has 2 heterocycles. The lowest BCUT2D eigenvalue weighted by atomic mass is 10.1. The SMILES string of the molecule is Cc1cn(-c2ccc(/C=C(/F)C(=O)NCc3cccc(-c4ccccc4)n3)cc2C)cn1. The molecule has 2 aromatic carbocycles. The number of imidazole rings is 1. The number of pyridine rings is 1. The molecule has 0 bridgehead atoms. The fourth-order valence-electron chi connectivity index (χ4n) is 3.43. The smallest absolute Gasteiger partial charge is 0.280 e. The van der Waals surface area contributed by atoms with E-state index in [4.69, 9.17) is 0 Å². The van der Waals surface area contributed by atoms with Crippen LogP contribution >= 0.6 is 0 Å². The molecule has 0 saturated carbocycles. The molecule has 1 N–H and O–H groups in total. The zero-order chi connectivity index (χ0) is 22.5. The number of rotatable bonds is 6. The summed E-state index contributed by atoms with van der Waals surface area (Å²) >= 11 is 0. The maximum absolute atomic E-state index is 14.5. The molecule has 5 nitrogen and oxygen atoms in total. The second-order valence-electron chi connectivity index (χ2n) is 7.52. The molecule has 0 aliphatic heterocycles. The van der Waals surface area contributed by atoms with Gasteiger partial charge in [-0.1, -0.05) is 42.5 Å². The van der Waals surface area contributed by atoms with Gasteiger partial charge >= 0.3 is 0 Å². The second kappa shape index (κ2) is 9.39. The number of nitrogens with zero attached hydrogens (tertiary/aromatic N) is 3. The molecule has 0 spiro atoms. The molecule has 0 saturated heterocycles. The van der Waals surface area contributed by atoms with Crippen molar-refractivity contribution in [2.75, 3.05) is 0 Å². The first-order chi connectivity index (χ1) is 15.5. The molecule has 1 amide bonds. The molecule has 0 fully saturated rings. The van der Waals surface area contributed by atoms with Crippen LogP contribution in [0.2, 0.25) is 0 Å². The largest absolute Gasteiger partial charge is 0.344 e. The van der Waals surface area contributed by atoms with Crippen LogP contribution in [0.25, 0.3) is 23.0 Å². The highest BCUT2D eigenvalue weighted by molar-refractivity contribution is 5.95. The van der Waals surface area contributed by atoms with Crippen molar-refractivity contribution in [1.82, 2.24) is 19.9 Å². The van der Waals surface area contributed by atoms with Crippen molar-refractivity contribution >= 4 is 12.0 Å². The minimum Gasteiger partial charge on any atom is -0.344 e. The first-order valence-corrected chi connectivity index (χ1v) is 10.3. The van der Waals surface area contributed by atoms with Crippen LogP contribution in [0.3, 0.4) is 0 Å². The number of hydrogen-bond acceptors (Lipinski definition) is 3. The molecule has 0 atom stereocenters. The van der Waals surface area contributed by atoms with Crippen LogP contribution in [0.15, 0.2) is 85.1 Å². The van der Waals surface area contributed by atoms with Crippen molar-refractivity contribution in [2.24, 2.45) is 0 Å². The van der Waals surface area contributed by atoms with E-state index in [0.717, 1.165) is 28.2 Å². The number of carbonyl (C=O) groups excluding carboxylic acids is 1. The van der Waals surface area contributed by atoms with Crippen LogP contribution in [0, 0.1) is 13.8 Å². The molecule has 0 aliphatic carbocycles. The van der Waals surface area contributed by atoms with Crippen molar-refractivity contribution in [1.29, 1.82) is 0 Å². The van der Waals surface area contributed by atoms with Gasteiger partial charge in [0.15, 0.2) is 5.83 Å². The summed E-state index contributed by atoms with van der Waals surface area (Å²) < 4.78 is 16.4. The van der Waals surface area contributed by atoms with Gasteiger partial charge in [-0.3, -0.25) is 9.78 Å². The topological polar surface area (TPSA) is 59.8 Å². The third-order valence-electron chi connectivity index (χ3n) is 5.03. The van der Waals surface area contributed by atoms with Crippen molar-refractivity contribution in [3.8, 4) is 16.9 Å². The third-order valence-corrected chi connectivity index (χ3v) is 5.03.